The van der Waals surface area contributed by atoms with Crippen LogP contribution in [-0.2, 0) is 17.1 Å². The number of aromatic nitrogens is 1. The van der Waals surface area contributed by atoms with Crippen molar-refractivity contribution in [1.29, 1.82) is 0 Å². The van der Waals surface area contributed by atoms with Gasteiger partial charge in [0, 0.05) is 52.2 Å². The Bertz CT molecular complexity index is 1510. The molecule has 3 aromatic carbocycles. The second-order valence-corrected chi connectivity index (χ2v) is 9.06. The summed E-state index contributed by atoms with van der Waals surface area (Å²) in [6.45, 7) is 3.35. The van der Waals surface area contributed by atoms with Crippen LogP contribution in [0.2, 0.25) is 0 Å². The number of sulfonamides is 1. The summed E-state index contributed by atoms with van der Waals surface area (Å²) >= 11 is 0. The first-order valence-corrected chi connectivity index (χ1v) is 11.6. The minimum atomic E-state index is -3.68. The van der Waals surface area contributed by atoms with E-state index in [4.69, 9.17) is 4.74 Å². The lowest BCUT2D eigenvalue weighted by atomic mass is 9.98. The number of hydrogen-bond donors (Lipinski definition) is 2. The van der Waals surface area contributed by atoms with E-state index in [1.54, 1.807) is 44.6 Å². The van der Waals surface area contributed by atoms with Crippen molar-refractivity contribution < 1.29 is 13.2 Å². The first-order chi connectivity index (χ1) is 15.8. The smallest absolute Gasteiger partial charge is 0.258 e. The summed E-state index contributed by atoms with van der Waals surface area (Å²) in [4.78, 5) is 12.7. The number of rotatable bonds is 7. The Balaban J connectivity index is 1.92. The predicted molar refractivity (Wildman–Crippen MR) is 134 cm³/mol. The molecule has 8 heteroatoms. The molecule has 0 bridgehead atoms. The van der Waals surface area contributed by atoms with Gasteiger partial charge in [0.15, 0.2) is 0 Å². The number of benzene rings is 3. The minimum absolute atomic E-state index is 0.109. The van der Waals surface area contributed by atoms with E-state index in [0.29, 0.717) is 11.1 Å². The van der Waals surface area contributed by atoms with E-state index in [1.807, 2.05) is 42.5 Å². The fraction of sp³-hybridized carbons (Fsp3) is 0.0800. The standard InChI is InChI=1S/C25H23N3O4S/c1-4-33(30,31)27-18-11-14-24(26-17-9-12-19(32-3)13-10-17)22(15-18)23-16-28(2)25(29)21-8-6-5-7-20(21)23/h4-16,26-27H,1H2,2-3H3. The Labute approximate surface area is 192 Å². The van der Waals surface area contributed by atoms with E-state index in [0.717, 1.165) is 39.0 Å². The molecule has 0 saturated heterocycles. The van der Waals surface area contributed by atoms with Gasteiger partial charge < -0.3 is 14.6 Å². The monoisotopic (exact) mass is 461 g/mol. The molecule has 0 radical (unpaired) electrons. The number of fused-ring (bicyclic) bond motifs is 1. The van der Waals surface area contributed by atoms with E-state index in [-0.39, 0.29) is 5.56 Å². The SMILES string of the molecule is C=CS(=O)(=O)Nc1ccc(Nc2ccc(OC)cc2)c(-c2cn(C)c(=O)c3ccccc23)c1. The minimum Gasteiger partial charge on any atom is -0.497 e. The maximum absolute atomic E-state index is 12.7. The summed E-state index contributed by atoms with van der Waals surface area (Å²) in [5, 5.41) is 5.58. The highest BCUT2D eigenvalue weighted by molar-refractivity contribution is 7.95. The molecule has 0 atom stereocenters. The van der Waals surface area contributed by atoms with Gasteiger partial charge in [0.25, 0.3) is 15.6 Å². The van der Waals surface area contributed by atoms with Crippen LogP contribution in [-0.4, -0.2) is 20.1 Å². The van der Waals surface area contributed by atoms with Crippen LogP contribution >= 0.6 is 0 Å². The van der Waals surface area contributed by atoms with Crippen molar-refractivity contribution in [1.82, 2.24) is 4.57 Å². The molecular weight excluding hydrogens is 438 g/mol. The molecule has 4 aromatic rings. The van der Waals surface area contributed by atoms with Crippen molar-refractivity contribution in [2.45, 2.75) is 0 Å². The van der Waals surface area contributed by atoms with Crippen LogP contribution in [0.25, 0.3) is 21.9 Å². The zero-order valence-electron chi connectivity index (χ0n) is 18.2. The van der Waals surface area contributed by atoms with Crippen LogP contribution < -0.4 is 20.3 Å². The van der Waals surface area contributed by atoms with Gasteiger partial charge in [-0.3, -0.25) is 9.52 Å². The Morgan fingerprint density at radius 2 is 1.61 bits per heavy atom. The number of ether oxygens (including phenoxy) is 1. The lowest BCUT2D eigenvalue weighted by Crippen LogP contribution is -2.16. The number of nitrogens with one attached hydrogen (secondary N) is 2. The van der Waals surface area contributed by atoms with E-state index < -0.39 is 10.0 Å². The first kappa shape index (κ1) is 22.2. The third kappa shape index (κ3) is 4.61. The quantitative estimate of drug-likeness (QED) is 0.411. The molecule has 4 rings (SSSR count). The fourth-order valence-electron chi connectivity index (χ4n) is 3.61. The van der Waals surface area contributed by atoms with Crippen molar-refractivity contribution in [2.75, 3.05) is 17.1 Å². The summed E-state index contributed by atoms with van der Waals surface area (Å²) in [5.41, 5.74) is 3.34. The van der Waals surface area contributed by atoms with Crippen LogP contribution in [0.3, 0.4) is 0 Å². The highest BCUT2D eigenvalue weighted by Crippen LogP contribution is 2.36. The van der Waals surface area contributed by atoms with Gasteiger partial charge in [-0.25, -0.2) is 8.42 Å². The summed E-state index contributed by atoms with van der Waals surface area (Å²) in [6, 6.07) is 20.0. The summed E-state index contributed by atoms with van der Waals surface area (Å²) in [6.07, 6.45) is 1.75. The summed E-state index contributed by atoms with van der Waals surface area (Å²) in [7, 11) is -0.385. The maximum Gasteiger partial charge on any atom is 0.258 e. The number of aryl methyl sites for hydroxylation is 1. The Morgan fingerprint density at radius 3 is 2.27 bits per heavy atom. The second-order valence-electron chi connectivity index (χ2n) is 7.43. The molecule has 33 heavy (non-hydrogen) atoms. The normalized spacial score (nSPS) is 11.2. The molecule has 1 heterocycles. The van der Waals surface area contributed by atoms with Gasteiger partial charge in [-0.15, -0.1) is 0 Å². The third-order valence-electron chi connectivity index (χ3n) is 5.25. The molecule has 0 fully saturated rings. The van der Waals surface area contributed by atoms with Gasteiger partial charge in [-0.2, -0.15) is 0 Å². The largest absolute Gasteiger partial charge is 0.497 e. The second kappa shape index (κ2) is 8.84. The highest BCUT2D eigenvalue weighted by atomic mass is 32.2. The molecule has 0 saturated carbocycles. The number of nitrogens with zero attached hydrogens (tertiary/aromatic N) is 1. The molecule has 0 unspecified atom stereocenters. The zero-order chi connectivity index (χ0) is 23.6. The number of hydrogen-bond acceptors (Lipinski definition) is 5. The molecule has 168 valence electrons. The summed E-state index contributed by atoms with van der Waals surface area (Å²) in [5.74, 6) is 0.735. The maximum atomic E-state index is 12.7. The van der Waals surface area contributed by atoms with Crippen LogP contribution in [0.15, 0.2) is 89.7 Å². The average Bonchev–Trinajstić information content (AvgIpc) is 2.83. The fourth-order valence-corrected chi connectivity index (χ4v) is 4.15. The van der Waals surface area contributed by atoms with Crippen LogP contribution in [0.4, 0.5) is 17.1 Å². The van der Waals surface area contributed by atoms with Gasteiger partial charge in [-0.05, 0) is 53.9 Å². The zero-order valence-corrected chi connectivity index (χ0v) is 19.0. The van der Waals surface area contributed by atoms with Crippen molar-refractivity contribution >= 4 is 37.9 Å². The number of anilines is 3. The van der Waals surface area contributed by atoms with Crippen molar-refractivity contribution in [3.05, 3.63) is 95.3 Å². The lowest BCUT2D eigenvalue weighted by Gasteiger charge is -2.17. The topological polar surface area (TPSA) is 89.4 Å². The van der Waals surface area contributed by atoms with Crippen LogP contribution in [0.1, 0.15) is 0 Å². The van der Waals surface area contributed by atoms with Crippen molar-refractivity contribution in [3.63, 3.8) is 0 Å². The molecule has 0 spiro atoms. The molecule has 0 aliphatic heterocycles. The number of methoxy groups -OCH3 is 1. The predicted octanol–water partition coefficient (Wildman–Crippen LogP) is 4.84. The first-order valence-electron chi connectivity index (χ1n) is 10.1. The lowest BCUT2D eigenvalue weighted by molar-refractivity contribution is 0.415. The Kier molecular flexibility index (Phi) is 5.93. The molecule has 7 nitrogen and oxygen atoms in total. The van der Waals surface area contributed by atoms with Crippen molar-refractivity contribution in [3.8, 4) is 16.9 Å². The molecular formula is C25H23N3O4S. The van der Waals surface area contributed by atoms with Gasteiger partial charge in [0.05, 0.1) is 7.11 Å². The van der Waals surface area contributed by atoms with Crippen molar-refractivity contribution in [2.24, 2.45) is 7.05 Å². The van der Waals surface area contributed by atoms with E-state index in [1.165, 1.54) is 4.57 Å². The van der Waals surface area contributed by atoms with E-state index in [9.17, 15) is 13.2 Å². The summed E-state index contributed by atoms with van der Waals surface area (Å²) < 4.78 is 33.4. The molecule has 2 N–H and O–H groups in total. The molecule has 0 amide bonds. The van der Waals surface area contributed by atoms with Gasteiger partial charge in [0.2, 0.25) is 0 Å². The Morgan fingerprint density at radius 1 is 0.939 bits per heavy atom. The molecule has 1 aromatic heterocycles. The van der Waals surface area contributed by atoms with Gasteiger partial charge in [-0.1, -0.05) is 24.8 Å². The van der Waals surface area contributed by atoms with E-state index >= 15 is 0 Å². The van der Waals surface area contributed by atoms with Gasteiger partial charge >= 0.3 is 0 Å². The van der Waals surface area contributed by atoms with Crippen LogP contribution in [0, 0.1) is 0 Å². The third-order valence-corrected chi connectivity index (χ3v) is 6.21. The number of pyridine rings is 1. The van der Waals surface area contributed by atoms with Crippen LogP contribution in [0.5, 0.6) is 5.75 Å². The molecule has 0 aliphatic rings. The highest BCUT2D eigenvalue weighted by Gasteiger charge is 2.15. The Hall–Kier alpha value is -4.04. The van der Waals surface area contributed by atoms with Gasteiger partial charge in [0.1, 0.15) is 5.75 Å². The molecule has 0 aliphatic carbocycles. The average molecular weight is 462 g/mol. The van der Waals surface area contributed by atoms with E-state index in [2.05, 4.69) is 16.6 Å².